The SMILES string of the molecule is CCC(C)NC(=O)C1CCN(c2nc3ccccc3n2CCC(C)C)CC1. The molecular formula is C22H34N4O. The van der Waals surface area contributed by atoms with Crippen molar-refractivity contribution < 1.29 is 4.79 Å². The Bertz CT molecular complexity index is 759. The lowest BCUT2D eigenvalue weighted by atomic mass is 9.95. The summed E-state index contributed by atoms with van der Waals surface area (Å²) in [6.45, 7) is 11.5. The van der Waals surface area contributed by atoms with E-state index in [1.165, 1.54) is 5.52 Å². The van der Waals surface area contributed by atoms with Crippen LogP contribution in [0.5, 0.6) is 0 Å². The Balaban J connectivity index is 1.73. The van der Waals surface area contributed by atoms with Crippen LogP contribution in [-0.4, -0.2) is 34.6 Å². The highest BCUT2D eigenvalue weighted by Gasteiger charge is 2.28. The number of rotatable bonds is 7. The highest BCUT2D eigenvalue weighted by atomic mass is 16.1. The molecular weight excluding hydrogens is 336 g/mol. The highest BCUT2D eigenvalue weighted by molar-refractivity contribution is 5.80. The molecule has 5 heteroatoms. The quantitative estimate of drug-likeness (QED) is 0.794. The van der Waals surface area contributed by atoms with Gasteiger partial charge in [-0.1, -0.05) is 32.9 Å². The number of nitrogens with one attached hydrogen (secondary N) is 1. The van der Waals surface area contributed by atoms with Gasteiger partial charge in [-0.3, -0.25) is 4.79 Å². The Hall–Kier alpha value is -2.04. The topological polar surface area (TPSA) is 50.2 Å². The Labute approximate surface area is 163 Å². The lowest BCUT2D eigenvalue weighted by molar-refractivity contribution is -0.126. The number of benzene rings is 1. The zero-order valence-electron chi connectivity index (χ0n) is 17.2. The van der Waals surface area contributed by atoms with Crippen LogP contribution in [0.15, 0.2) is 24.3 Å². The van der Waals surface area contributed by atoms with Gasteiger partial charge >= 0.3 is 0 Å². The van der Waals surface area contributed by atoms with E-state index in [2.05, 4.69) is 66.7 Å². The van der Waals surface area contributed by atoms with Gasteiger partial charge in [0.2, 0.25) is 11.9 Å². The molecule has 0 aliphatic carbocycles. The van der Waals surface area contributed by atoms with Crippen LogP contribution in [0, 0.1) is 11.8 Å². The van der Waals surface area contributed by atoms with Gasteiger partial charge in [-0.25, -0.2) is 4.98 Å². The van der Waals surface area contributed by atoms with Crippen LogP contribution in [0.25, 0.3) is 11.0 Å². The van der Waals surface area contributed by atoms with Crippen molar-refractivity contribution in [2.24, 2.45) is 11.8 Å². The van der Waals surface area contributed by atoms with E-state index in [1.54, 1.807) is 0 Å². The van der Waals surface area contributed by atoms with Crippen LogP contribution in [-0.2, 0) is 11.3 Å². The van der Waals surface area contributed by atoms with E-state index >= 15 is 0 Å². The molecule has 1 aliphatic heterocycles. The molecule has 1 atom stereocenters. The first kappa shape index (κ1) is 19.7. The summed E-state index contributed by atoms with van der Waals surface area (Å²) in [5.41, 5.74) is 2.28. The number of carbonyl (C=O) groups is 1. The summed E-state index contributed by atoms with van der Waals surface area (Å²) in [5.74, 6) is 2.08. The van der Waals surface area contributed by atoms with Crippen molar-refractivity contribution in [3.63, 3.8) is 0 Å². The number of aromatic nitrogens is 2. The molecule has 0 bridgehead atoms. The lowest BCUT2D eigenvalue weighted by Crippen LogP contribution is -2.43. The number of imidazole rings is 1. The number of para-hydroxylation sites is 2. The first-order valence-corrected chi connectivity index (χ1v) is 10.5. The Kier molecular flexibility index (Phi) is 6.40. The summed E-state index contributed by atoms with van der Waals surface area (Å²) in [6.07, 6.45) is 3.91. The Morgan fingerprint density at radius 3 is 2.59 bits per heavy atom. The van der Waals surface area contributed by atoms with E-state index in [4.69, 9.17) is 4.98 Å². The molecule has 1 aromatic carbocycles. The fourth-order valence-electron chi connectivity index (χ4n) is 3.72. The maximum Gasteiger partial charge on any atom is 0.223 e. The van der Waals surface area contributed by atoms with Gasteiger partial charge in [0.05, 0.1) is 11.0 Å². The molecule has 2 aromatic rings. The number of fused-ring (bicyclic) bond motifs is 1. The predicted octanol–water partition coefficient (Wildman–Crippen LogP) is 4.21. The molecule has 2 heterocycles. The summed E-state index contributed by atoms with van der Waals surface area (Å²) in [7, 11) is 0. The van der Waals surface area contributed by atoms with Gasteiger partial charge in [-0.15, -0.1) is 0 Å². The average molecular weight is 371 g/mol. The van der Waals surface area contributed by atoms with Crippen molar-refractivity contribution in [2.45, 2.75) is 66.0 Å². The summed E-state index contributed by atoms with van der Waals surface area (Å²) < 4.78 is 2.37. The van der Waals surface area contributed by atoms with Crippen LogP contribution in [0.2, 0.25) is 0 Å². The van der Waals surface area contributed by atoms with Crippen molar-refractivity contribution in [1.29, 1.82) is 0 Å². The molecule has 27 heavy (non-hydrogen) atoms. The fourth-order valence-corrected chi connectivity index (χ4v) is 3.72. The number of aryl methyl sites for hydroxylation is 1. The third kappa shape index (κ3) is 4.63. The van der Waals surface area contributed by atoms with Crippen LogP contribution >= 0.6 is 0 Å². The third-order valence-electron chi connectivity index (χ3n) is 5.71. The smallest absolute Gasteiger partial charge is 0.223 e. The molecule has 1 aromatic heterocycles. The van der Waals surface area contributed by atoms with Gasteiger partial charge in [-0.2, -0.15) is 0 Å². The van der Waals surface area contributed by atoms with Crippen molar-refractivity contribution in [2.75, 3.05) is 18.0 Å². The minimum atomic E-state index is 0.128. The second-order valence-electron chi connectivity index (χ2n) is 8.31. The van der Waals surface area contributed by atoms with Crippen molar-refractivity contribution in [1.82, 2.24) is 14.9 Å². The number of hydrogen-bond acceptors (Lipinski definition) is 3. The molecule has 3 rings (SSSR count). The summed E-state index contributed by atoms with van der Waals surface area (Å²) in [4.78, 5) is 19.7. The molecule has 1 fully saturated rings. The molecule has 1 saturated heterocycles. The second-order valence-corrected chi connectivity index (χ2v) is 8.31. The highest BCUT2D eigenvalue weighted by Crippen LogP contribution is 2.28. The Morgan fingerprint density at radius 2 is 1.93 bits per heavy atom. The van der Waals surface area contributed by atoms with Gasteiger partial charge in [0, 0.05) is 31.6 Å². The van der Waals surface area contributed by atoms with Gasteiger partial charge in [0.1, 0.15) is 0 Å². The van der Waals surface area contributed by atoms with Gasteiger partial charge < -0.3 is 14.8 Å². The number of anilines is 1. The van der Waals surface area contributed by atoms with Crippen LogP contribution in [0.1, 0.15) is 53.4 Å². The van der Waals surface area contributed by atoms with Crippen LogP contribution in [0.4, 0.5) is 5.95 Å². The molecule has 0 saturated carbocycles. The van der Waals surface area contributed by atoms with E-state index in [9.17, 15) is 4.79 Å². The van der Waals surface area contributed by atoms with E-state index in [0.717, 1.165) is 56.8 Å². The first-order valence-electron chi connectivity index (χ1n) is 10.5. The van der Waals surface area contributed by atoms with Gasteiger partial charge in [0.15, 0.2) is 0 Å². The zero-order valence-corrected chi connectivity index (χ0v) is 17.2. The number of hydrogen-bond donors (Lipinski definition) is 1. The molecule has 5 nitrogen and oxygen atoms in total. The molecule has 148 valence electrons. The van der Waals surface area contributed by atoms with E-state index < -0.39 is 0 Å². The van der Waals surface area contributed by atoms with E-state index in [-0.39, 0.29) is 17.9 Å². The molecule has 1 amide bonds. The zero-order chi connectivity index (χ0) is 19.4. The lowest BCUT2D eigenvalue weighted by Gasteiger charge is -2.33. The molecule has 0 spiro atoms. The van der Waals surface area contributed by atoms with Gasteiger partial charge in [0.25, 0.3) is 0 Å². The summed E-state index contributed by atoms with van der Waals surface area (Å²) >= 11 is 0. The minimum absolute atomic E-state index is 0.128. The molecule has 0 radical (unpaired) electrons. The largest absolute Gasteiger partial charge is 0.353 e. The number of piperidine rings is 1. The van der Waals surface area contributed by atoms with Crippen molar-refractivity contribution in [3.05, 3.63) is 24.3 Å². The van der Waals surface area contributed by atoms with Crippen LogP contribution in [0.3, 0.4) is 0 Å². The van der Waals surface area contributed by atoms with Crippen molar-refractivity contribution in [3.8, 4) is 0 Å². The maximum atomic E-state index is 12.4. The van der Waals surface area contributed by atoms with Crippen molar-refractivity contribution >= 4 is 22.9 Å². The minimum Gasteiger partial charge on any atom is -0.353 e. The fraction of sp³-hybridized carbons (Fsp3) is 0.636. The molecule has 1 N–H and O–H groups in total. The van der Waals surface area contributed by atoms with E-state index in [1.807, 2.05) is 0 Å². The average Bonchev–Trinajstić information content (AvgIpc) is 3.04. The predicted molar refractivity (Wildman–Crippen MR) is 112 cm³/mol. The number of carbonyl (C=O) groups excluding carboxylic acids is 1. The summed E-state index contributed by atoms with van der Waals surface area (Å²) in [5, 5.41) is 3.14. The number of nitrogens with zero attached hydrogens (tertiary/aromatic N) is 3. The standard InChI is InChI=1S/C22H34N4O/c1-5-17(4)23-21(27)18-11-13-25(14-12-18)22-24-19-8-6-7-9-20(19)26(22)15-10-16(2)3/h6-9,16-18H,5,10-15H2,1-4H3,(H,23,27). The Morgan fingerprint density at radius 1 is 1.22 bits per heavy atom. The monoisotopic (exact) mass is 370 g/mol. The third-order valence-corrected chi connectivity index (χ3v) is 5.71. The van der Waals surface area contributed by atoms with E-state index in [0.29, 0.717) is 5.92 Å². The first-order chi connectivity index (χ1) is 13.0. The molecule has 1 aliphatic rings. The van der Waals surface area contributed by atoms with Crippen LogP contribution < -0.4 is 10.2 Å². The normalized spacial score (nSPS) is 16.9. The number of amides is 1. The summed E-state index contributed by atoms with van der Waals surface area (Å²) in [6, 6.07) is 8.66. The van der Waals surface area contributed by atoms with Gasteiger partial charge in [-0.05, 0) is 50.7 Å². The maximum absolute atomic E-state index is 12.4. The second kappa shape index (κ2) is 8.77. The molecule has 1 unspecified atom stereocenters.